The van der Waals surface area contributed by atoms with Gasteiger partial charge in [0.05, 0.1) is 10.7 Å². The number of hydrogen-bond acceptors (Lipinski definition) is 3. The van der Waals surface area contributed by atoms with Crippen LogP contribution in [-0.4, -0.2) is 17.4 Å². The Kier molecular flexibility index (Phi) is 3.18. The van der Waals surface area contributed by atoms with Gasteiger partial charge >= 0.3 is 12.3 Å². The van der Waals surface area contributed by atoms with E-state index in [1.165, 1.54) is 0 Å². The van der Waals surface area contributed by atoms with E-state index in [0.717, 1.165) is 12.1 Å². The molecule has 88 valence electrons. The smallest absolute Gasteiger partial charge is 0.477 e. The summed E-state index contributed by atoms with van der Waals surface area (Å²) in [4.78, 5) is 10.7. The number of anilines is 1. The number of nitrogens with two attached hydrogens (primary N) is 1. The van der Waals surface area contributed by atoms with Crippen molar-refractivity contribution >= 4 is 23.3 Å². The lowest BCUT2D eigenvalue weighted by atomic mass is 10.1. The number of halogens is 4. The first kappa shape index (κ1) is 12.4. The summed E-state index contributed by atoms with van der Waals surface area (Å²) in [5, 5.41) is 8.20. The van der Waals surface area contributed by atoms with E-state index in [1.807, 2.05) is 0 Å². The van der Waals surface area contributed by atoms with E-state index < -0.39 is 28.7 Å². The highest BCUT2D eigenvalue weighted by Crippen LogP contribution is 2.36. The van der Waals surface area contributed by atoms with Crippen LogP contribution in [0.1, 0.15) is 10.4 Å². The van der Waals surface area contributed by atoms with Crippen molar-refractivity contribution in [2.75, 3.05) is 5.73 Å². The standard InChI is InChI=1S/C8H5ClF3NO3/c9-3-1-2-4(13)5(7(14)15)6(3)16-8(10,11)12/h1-2H,13H2,(H,14,15). The van der Waals surface area contributed by atoms with Crippen molar-refractivity contribution in [3.05, 3.63) is 22.7 Å². The first-order chi connectivity index (χ1) is 7.22. The molecule has 0 aromatic heterocycles. The van der Waals surface area contributed by atoms with Gasteiger partial charge in [-0.3, -0.25) is 0 Å². The van der Waals surface area contributed by atoms with Gasteiger partial charge in [-0.1, -0.05) is 11.6 Å². The van der Waals surface area contributed by atoms with Crippen LogP contribution < -0.4 is 10.5 Å². The van der Waals surface area contributed by atoms with Crippen LogP contribution in [0.4, 0.5) is 18.9 Å². The van der Waals surface area contributed by atoms with E-state index in [-0.39, 0.29) is 5.69 Å². The molecule has 0 aliphatic rings. The Bertz CT molecular complexity index is 433. The van der Waals surface area contributed by atoms with Gasteiger partial charge in [0.1, 0.15) is 5.56 Å². The highest BCUT2D eigenvalue weighted by Gasteiger charge is 2.34. The monoisotopic (exact) mass is 255 g/mol. The molecule has 1 aromatic carbocycles. The van der Waals surface area contributed by atoms with Gasteiger partial charge in [-0.15, -0.1) is 13.2 Å². The van der Waals surface area contributed by atoms with Crippen molar-refractivity contribution in [3.8, 4) is 5.75 Å². The zero-order valence-electron chi connectivity index (χ0n) is 7.51. The number of benzene rings is 1. The van der Waals surface area contributed by atoms with Crippen LogP contribution >= 0.6 is 11.6 Å². The van der Waals surface area contributed by atoms with E-state index >= 15 is 0 Å². The minimum Gasteiger partial charge on any atom is -0.477 e. The SMILES string of the molecule is Nc1ccc(Cl)c(OC(F)(F)F)c1C(=O)O. The Morgan fingerprint density at radius 2 is 2.00 bits per heavy atom. The van der Waals surface area contributed by atoms with Gasteiger partial charge in [0, 0.05) is 0 Å². The van der Waals surface area contributed by atoms with Crippen LogP contribution in [0.3, 0.4) is 0 Å². The molecule has 4 nitrogen and oxygen atoms in total. The quantitative estimate of drug-likeness (QED) is 0.797. The Balaban J connectivity index is 3.35. The summed E-state index contributed by atoms with van der Waals surface area (Å²) in [7, 11) is 0. The molecule has 0 radical (unpaired) electrons. The van der Waals surface area contributed by atoms with Crippen LogP contribution in [0.5, 0.6) is 5.75 Å². The molecule has 0 aliphatic carbocycles. The largest absolute Gasteiger partial charge is 0.573 e. The van der Waals surface area contributed by atoms with Crippen LogP contribution in [0.2, 0.25) is 5.02 Å². The Morgan fingerprint density at radius 1 is 1.44 bits per heavy atom. The molecule has 0 amide bonds. The summed E-state index contributed by atoms with van der Waals surface area (Å²) in [6.07, 6.45) is -5.04. The summed E-state index contributed by atoms with van der Waals surface area (Å²) in [5.41, 5.74) is 4.04. The zero-order valence-corrected chi connectivity index (χ0v) is 8.26. The summed E-state index contributed by atoms with van der Waals surface area (Å²) in [6.45, 7) is 0. The Hall–Kier alpha value is -1.63. The van der Waals surface area contributed by atoms with Crippen molar-refractivity contribution < 1.29 is 27.8 Å². The van der Waals surface area contributed by atoms with Gasteiger partial charge < -0.3 is 15.6 Å². The molecule has 0 saturated carbocycles. The lowest BCUT2D eigenvalue weighted by Crippen LogP contribution is -2.20. The van der Waals surface area contributed by atoms with Gasteiger partial charge in [-0.05, 0) is 12.1 Å². The highest BCUT2D eigenvalue weighted by atomic mass is 35.5. The second-order valence-corrected chi connectivity index (χ2v) is 3.10. The lowest BCUT2D eigenvalue weighted by molar-refractivity contribution is -0.274. The Morgan fingerprint density at radius 3 is 2.44 bits per heavy atom. The maximum Gasteiger partial charge on any atom is 0.573 e. The number of nitrogen functional groups attached to an aromatic ring is 1. The summed E-state index contributed by atoms with van der Waals surface area (Å²) in [6, 6.07) is 2.10. The number of rotatable bonds is 2. The Labute approximate surface area is 92.4 Å². The van der Waals surface area contributed by atoms with Crippen molar-refractivity contribution in [2.45, 2.75) is 6.36 Å². The molecule has 3 N–H and O–H groups in total. The summed E-state index contributed by atoms with van der Waals surface area (Å²) < 4.78 is 39.5. The molecule has 0 bridgehead atoms. The molecule has 0 fully saturated rings. The number of ether oxygens (including phenoxy) is 1. The molecule has 0 heterocycles. The van der Waals surface area contributed by atoms with Gasteiger partial charge in [-0.25, -0.2) is 4.79 Å². The van der Waals surface area contributed by atoms with Gasteiger partial charge in [0.25, 0.3) is 0 Å². The number of hydrogen-bond donors (Lipinski definition) is 2. The average Bonchev–Trinajstić information content (AvgIpc) is 2.08. The zero-order chi connectivity index (χ0) is 12.5. The molecule has 0 atom stereocenters. The number of aromatic carboxylic acids is 1. The number of carbonyl (C=O) groups is 1. The van der Waals surface area contributed by atoms with Crippen molar-refractivity contribution in [1.29, 1.82) is 0 Å². The second-order valence-electron chi connectivity index (χ2n) is 2.69. The number of carboxylic acid groups (broad SMARTS) is 1. The molecular formula is C8H5ClF3NO3. The lowest BCUT2D eigenvalue weighted by Gasteiger charge is -2.13. The fourth-order valence-electron chi connectivity index (χ4n) is 1.01. The minimum atomic E-state index is -5.04. The normalized spacial score (nSPS) is 11.2. The maximum absolute atomic E-state index is 12.0. The van der Waals surface area contributed by atoms with Crippen LogP contribution in [0.15, 0.2) is 12.1 Å². The number of carboxylic acids is 1. The van der Waals surface area contributed by atoms with Crippen molar-refractivity contribution in [1.82, 2.24) is 0 Å². The van der Waals surface area contributed by atoms with Crippen LogP contribution in [0.25, 0.3) is 0 Å². The molecule has 0 aliphatic heterocycles. The first-order valence-corrected chi connectivity index (χ1v) is 4.17. The third-order valence-electron chi connectivity index (χ3n) is 1.57. The molecular weight excluding hydrogens is 251 g/mol. The molecule has 8 heteroatoms. The van der Waals surface area contributed by atoms with E-state index in [1.54, 1.807) is 0 Å². The van der Waals surface area contributed by atoms with E-state index in [0.29, 0.717) is 0 Å². The predicted molar refractivity (Wildman–Crippen MR) is 49.5 cm³/mol. The predicted octanol–water partition coefficient (Wildman–Crippen LogP) is 2.52. The fourth-order valence-corrected chi connectivity index (χ4v) is 1.20. The maximum atomic E-state index is 12.0. The molecule has 16 heavy (non-hydrogen) atoms. The summed E-state index contributed by atoms with van der Waals surface area (Å²) >= 11 is 5.41. The molecule has 0 saturated heterocycles. The minimum absolute atomic E-state index is 0.365. The van der Waals surface area contributed by atoms with E-state index in [4.69, 9.17) is 22.4 Å². The fraction of sp³-hybridized carbons (Fsp3) is 0.125. The molecule has 1 aromatic rings. The molecule has 1 rings (SSSR count). The summed E-state index contributed by atoms with van der Waals surface area (Å²) in [5.74, 6) is -2.67. The van der Waals surface area contributed by atoms with Gasteiger partial charge in [0.15, 0.2) is 5.75 Å². The third kappa shape index (κ3) is 2.69. The van der Waals surface area contributed by atoms with E-state index in [9.17, 15) is 18.0 Å². The average molecular weight is 256 g/mol. The molecule has 0 spiro atoms. The highest BCUT2D eigenvalue weighted by molar-refractivity contribution is 6.32. The number of alkyl halides is 3. The van der Waals surface area contributed by atoms with Gasteiger partial charge in [-0.2, -0.15) is 0 Å². The van der Waals surface area contributed by atoms with Crippen molar-refractivity contribution in [2.24, 2.45) is 0 Å². The van der Waals surface area contributed by atoms with E-state index in [2.05, 4.69) is 4.74 Å². The third-order valence-corrected chi connectivity index (χ3v) is 1.87. The molecule has 0 unspecified atom stereocenters. The van der Waals surface area contributed by atoms with Crippen LogP contribution in [0, 0.1) is 0 Å². The first-order valence-electron chi connectivity index (χ1n) is 3.79. The van der Waals surface area contributed by atoms with Crippen LogP contribution in [-0.2, 0) is 0 Å². The van der Waals surface area contributed by atoms with Gasteiger partial charge in [0.2, 0.25) is 0 Å². The topological polar surface area (TPSA) is 72.5 Å². The second kappa shape index (κ2) is 4.09. The van der Waals surface area contributed by atoms with Crippen molar-refractivity contribution in [3.63, 3.8) is 0 Å².